The summed E-state index contributed by atoms with van der Waals surface area (Å²) < 4.78 is 10.7. The number of benzene rings is 1. The van der Waals surface area contributed by atoms with Crippen LogP contribution in [0.1, 0.15) is 37.7 Å². The van der Waals surface area contributed by atoms with Crippen LogP contribution < -0.4 is 10.6 Å². The van der Waals surface area contributed by atoms with Gasteiger partial charge in [0, 0.05) is 30.5 Å². The van der Waals surface area contributed by atoms with Crippen LogP contribution in [0.2, 0.25) is 0 Å². The minimum atomic E-state index is -0.553. The van der Waals surface area contributed by atoms with Gasteiger partial charge in [-0.2, -0.15) is 0 Å². The molecule has 2 aromatic rings. The first-order chi connectivity index (χ1) is 13.0. The van der Waals surface area contributed by atoms with E-state index in [4.69, 9.17) is 9.15 Å². The Kier molecular flexibility index (Phi) is 5.76. The number of nitrogens with one attached hydrogen (secondary N) is 2. The first kappa shape index (κ1) is 18.9. The number of furan rings is 1. The van der Waals surface area contributed by atoms with Crippen LogP contribution in [0.5, 0.6) is 0 Å². The predicted octanol–water partition coefficient (Wildman–Crippen LogP) is 4.03. The van der Waals surface area contributed by atoms with E-state index in [0.717, 1.165) is 12.2 Å². The van der Waals surface area contributed by atoms with Gasteiger partial charge in [0.1, 0.15) is 17.6 Å². The molecule has 1 saturated carbocycles. The van der Waals surface area contributed by atoms with Crippen molar-refractivity contribution < 1.29 is 18.7 Å². The number of methoxy groups -OCH3 is 1. The molecule has 2 N–H and O–H groups in total. The molecule has 0 aliphatic heterocycles. The lowest BCUT2D eigenvalue weighted by atomic mass is 10.2. The SMILES string of the molecule is COC(C)C(=O)Nc1cccc(NC(=O)/C=C/c2ccc(C3CC3C)o2)c1. The van der Waals surface area contributed by atoms with Crippen LogP contribution >= 0.6 is 0 Å². The van der Waals surface area contributed by atoms with Gasteiger partial charge in [-0.15, -0.1) is 0 Å². The Morgan fingerprint density at radius 1 is 1.22 bits per heavy atom. The lowest BCUT2D eigenvalue weighted by Gasteiger charge is -2.11. The van der Waals surface area contributed by atoms with Crippen molar-refractivity contribution in [2.45, 2.75) is 32.3 Å². The molecule has 1 aliphatic carbocycles. The fraction of sp³-hybridized carbons (Fsp3) is 0.333. The van der Waals surface area contributed by atoms with E-state index in [-0.39, 0.29) is 11.8 Å². The van der Waals surface area contributed by atoms with Gasteiger partial charge in [0.05, 0.1) is 0 Å². The number of hydrogen-bond acceptors (Lipinski definition) is 4. The van der Waals surface area contributed by atoms with E-state index < -0.39 is 6.10 Å². The van der Waals surface area contributed by atoms with Gasteiger partial charge in [0.25, 0.3) is 5.91 Å². The molecule has 1 aromatic heterocycles. The maximum absolute atomic E-state index is 12.1. The molecule has 0 saturated heterocycles. The van der Waals surface area contributed by atoms with Crippen LogP contribution in [0.15, 0.2) is 46.9 Å². The Bertz CT molecular complexity index is 855. The van der Waals surface area contributed by atoms with Crippen LogP contribution in [0, 0.1) is 5.92 Å². The van der Waals surface area contributed by atoms with E-state index in [0.29, 0.717) is 29.0 Å². The van der Waals surface area contributed by atoms with E-state index >= 15 is 0 Å². The molecule has 1 aliphatic rings. The standard InChI is InChI=1S/C21H24N2O4/c1-13-11-18(13)19-9-7-17(27-19)8-10-20(24)22-15-5-4-6-16(12-15)23-21(25)14(2)26-3/h4-10,12-14,18H,11H2,1-3H3,(H,22,24)(H,23,25)/b10-8+. The summed E-state index contributed by atoms with van der Waals surface area (Å²) in [7, 11) is 1.47. The molecule has 1 fully saturated rings. The van der Waals surface area contributed by atoms with Crippen LogP contribution in [-0.4, -0.2) is 25.0 Å². The zero-order chi connectivity index (χ0) is 19.4. The summed E-state index contributed by atoms with van der Waals surface area (Å²) in [6.45, 7) is 3.86. The fourth-order valence-corrected chi connectivity index (χ4v) is 2.74. The van der Waals surface area contributed by atoms with Crippen LogP contribution in [0.4, 0.5) is 11.4 Å². The Morgan fingerprint density at radius 2 is 1.93 bits per heavy atom. The van der Waals surface area contributed by atoms with Gasteiger partial charge in [-0.3, -0.25) is 9.59 Å². The number of anilines is 2. The minimum absolute atomic E-state index is 0.250. The second kappa shape index (κ2) is 8.22. The number of rotatable bonds is 7. The van der Waals surface area contributed by atoms with E-state index in [9.17, 15) is 9.59 Å². The third-order valence-corrected chi connectivity index (χ3v) is 4.64. The van der Waals surface area contributed by atoms with Gasteiger partial charge in [-0.05, 0) is 55.7 Å². The van der Waals surface area contributed by atoms with E-state index in [1.807, 2.05) is 12.1 Å². The minimum Gasteiger partial charge on any atom is -0.461 e. The Hall–Kier alpha value is -2.86. The summed E-state index contributed by atoms with van der Waals surface area (Å²) in [5.41, 5.74) is 1.17. The van der Waals surface area contributed by atoms with Crippen molar-refractivity contribution in [1.29, 1.82) is 0 Å². The first-order valence-corrected chi connectivity index (χ1v) is 8.99. The molecular formula is C21H24N2O4. The van der Waals surface area contributed by atoms with Crippen molar-refractivity contribution in [3.05, 3.63) is 54.0 Å². The van der Waals surface area contributed by atoms with Crippen molar-refractivity contribution in [2.24, 2.45) is 5.92 Å². The second-order valence-electron chi connectivity index (χ2n) is 6.83. The Balaban J connectivity index is 1.56. The molecule has 27 heavy (non-hydrogen) atoms. The van der Waals surface area contributed by atoms with Crippen LogP contribution in [0.3, 0.4) is 0 Å². The van der Waals surface area contributed by atoms with Crippen molar-refractivity contribution >= 4 is 29.3 Å². The topological polar surface area (TPSA) is 80.6 Å². The van der Waals surface area contributed by atoms with Gasteiger partial charge in [-0.1, -0.05) is 13.0 Å². The molecule has 0 radical (unpaired) electrons. The average molecular weight is 368 g/mol. The van der Waals surface area contributed by atoms with Gasteiger partial charge in [0.15, 0.2) is 0 Å². The summed E-state index contributed by atoms with van der Waals surface area (Å²) in [4.78, 5) is 24.0. The summed E-state index contributed by atoms with van der Waals surface area (Å²) >= 11 is 0. The van der Waals surface area contributed by atoms with Gasteiger partial charge < -0.3 is 19.8 Å². The number of amides is 2. The molecule has 6 heteroatoms. The van der Waals surface area contributed by atoms with E-state index in [1.54, 1.807) is 37.3 Å². The monoisotopic (exact) mass is 368 g/mol. The number of ether oxygens (including phenoxy) is 1. The zero-order valence-corrected chi connectivity index (χ0v) is 15.7. The van der Waals surface area contributed by atoms with Gasteiger partial charge in [-0.25, -0.2) is 0 Å². The molecule has 142 valence electrons. The second-order valence-corrected chi connectivity index (χ2v) is 6.83. The normalized spacial score (nSPS) is 19.7. The van der Waals surface area contributed by atoms with Gasteiger partial charge in [0.2, 0.25) is 5.91 Å². The molecule has 6 nitrogen and oxygen atoms in total. The third kappa shape index (κ3) is 5.08. The maximum Gasteiger partial charge on any atom is 0.253 e. The zero-order valence-electron chi connectivity index (χ0n) is 15.7. The lowest BCUT2D eigenvalue weighted by molar-refractivity contribution is -0.124. The van der Waals surface area contributed by atoms with Crippen LogP contribution in [0.25, 0.3) is 6.08 Å². The van der Waals surface area contributed by atoms with Crippen molar-refractivity contribution in [3.63, 3.8) is 0 Å². The Morgan fingerprint density at radius 3 is 2.59 bits per heavy atom. The highest BCUT2D eigenvalue weighted by atomic mass is 16.5. The average Bonchev–Trinajstić information content (AvgIpc) is 3.19. The van der Waals surface area contributed by atoms with Crippen molar-refractivity contribution in [1.82, 2.24) is 0 Å². The lowest BCUT2D eigenvalue weighted by Crippen LogP contribution is -2.26. The highest BCUT2D eigenvalue weighted by Gasteiger charge is 2.36. The smallest absolute Gasteiger partial charge is 0.253 e. The quantitative estimate of drug-likeness (QED) is 0.723. The predicted molar refractivity (Wildman–Crippen MR) is 104 cm³/mol. The molecule has 0 spiro atoms. The molecular weight excluding hydrogens is 344 g/mol. The number of carbonyl (C=O) groups is 2. The Labute approximate surface area is 158 Å². The summed E-state index contributed by atoms with van der Waals surface area (Å²) in [6.07, 6.45) is 3.69. The number of hydrogen-bond donors (Lipinski definition) is 2. The summed E-state index contributed by atoms with van der Waals surface area (Å²) in [6, 6.07) is 10.8. The molecule has 1 aromatic carbocycles. The molecule has 3 unspecified atom stereocenters. The van der Waals surface area contributed by atoms with Crippen molar-refractivity contribution in [2.75, 3.05) is 17.7 Å². The highest BCUT2D eigenvalue weighted by molar-refractivity contribution is 6.02. The highest BCUT2D eigenvalue weighted by Crippen LogP contribution is 2.47. The summed E-state index contributed by atoms with van der Waals surface area (Å²) in [5.74, 6) is 2.31. The molecule has 3 rings (SSSR count). The van der Waals surface area contributed by atoms with E-state index in [1.165, 1.54) is 13.2 Å². The van der Waals surface area contributed by atoms with Crippen molar-refractivity contribution in [3.8, 4) is 0 Å². The third-order valence-electron chi connectivity index (χ3n) is 4.64. The summed E-state index contributed by atoms with van der Waals surface area (Å²) in [5, 5.41) is 5.51. The maximum atomic E-state index is 12.1. The molecule has 3 atom stereocenters. The fourth-order valence-electron chi connectivity index (χ4n) is 2.74. The molecule has 1 heterocycles. The molecule has 2 amide bonds. The van der Waals surface area contributed by atoms with E-state index in [2.05, 4.69) is 17.6 Å². The molecule has 0 bridgehead atoms. The first-order valence-electron chi connectivity index (χ1n) is 8.99. The largest absolute Gasteiger partial charge is 0.461 e. The van der Waals surface area contributed by atoms with Gasteiger partial charge >= 0.3 is 0 Å². The number of carbonyl (C=O) groups excluding carboxylic acids is 2. The van der Waals surface area contributed by atoms with Crippen LogP contribution in [-0.2, 0) is 14.3 Å².